The molecule has 1 saturated heterocycles. The first kappa shape index (κ1) is 16.0. The Morgan fingerprint density at radius 3 is 2.64 bits per heavy atom. The molecule has 130 valence electrons. The molecule has 4 rings (SSSR count). The number of hydrogen-bond acceptors (Lipinski definition) is 4. The predicted molar refractivity (Wildman–Crippen MR) is 96.9 cm³/mol. The molecule has 0 bridgehead atoms. The van der Waals surface area contributed by atoms with Gasteiger partial charge in [-0.15, -0.1) is 0 Å². The van der Waals surface area contributed by atoms with Gasteiger partial charge in [0, 0.05) is 24.1 Å². The van der Waals surface area contributed by atoms with E-state index in [1.807, 2.05) is 17.0 Å². The highest BCUT2D eigenvalue weighted by Crippen LogP contribution is 2.31. The summed E-state index contributed by atoms with van der Waals surface area (Å²) in [4.78, 5) is 27.1. The number of benzene rings is 1. The molecule has 0 aliphatic carbocycles. The first-order chi connectivity index (χ1) is 12.2. The Kier molecular flexibility index (Phi) is 4.36. The SMILES string of the molecule is C[C@H]1Cc2ccccc2N1C(=O)C[NH+]1CCN(c2ncccn2)CC1. The molecule has 0 radical (unpaired) electrons. The first-order valence-electron chi connectivity index (χ1n) is 8.98. The maximum atomic E-state index is 12.9. The number of amides is 1. The number of quaternary nitrogens is 1. The summed E-state index contributed by atoms with van der Waals surface area (Å²) in [7, 11) is 0. The van der Waals surface area contributed by atoms with Crippen molar-refractivity contribution in [3.8, 4) is 0 Å². The molecular formula is C19H24N5O+. The molecule has 25 heavy (non-hydrogen) atoms. The van der Waals surface area contributed by atoms with Crippen LogP contribution in [0.1, 0.15) is 12.5 Å². The molecule has 1 N–H and O–H groups in total. The Balaban J connectivity index is 1.37. The van der Waals surface area contributed by atoms with E-state index in [0.717, 1.165) is 44.2 Å². The molecule has 1 fully saturated rings. The zero-order valence-electron chi connectivity index (χ0n) is 14.6. The smallest absolute Gasteiger partial charge is 0.282 e. The van der Waals surface area contributed by atoms with E-state index in [9.17, 15) is 4.79 Å². The van der Waals surface area contributed by atoms with Gasteiger partial charge in [-0.1, -0.05) is 18.2 Å². The van der Waals surface area contributed by atoms with E-state index in [2.05, 4.69) is 40.0 Å². The van der Waals surface area contributed by atoms with E-state index < -0.39 is 0 Å². The molecule has 0 unspecified atom stereocenters. The fraction of sp³-hybridized carbons (Fsp3) is 0.421. The third kappa shape index (κ3) is 3.22. The molecule has 1 atom stereocenters. The van der Waals surface area contributed by atoms with Crippen LogP contribution in [0.25, 0.3) is 0 Å². The summed E-state index contributed by atoms with van der Waals surface area (Å²) >= 11 is 0. The highest BCUT2D eigenvalue weighted by molar-refractivity contribution is 5.96. The van der Waals surface area contributed by atoms with Crippen molar-refractivity contribution in [1.29, 1.82) is 0 Å². The van der Waals surface area contributed by atoms with Crippen molar-refractivity contribution >= 4 is 17.5 Å². The molecule has 6 nitrogen and oxygen atoms in total. The minimum Gasteiger partial charge on any atom is -0.330 e. The van der Waals surface area contributed by atoms with Crippen molar-refractivity contribution < 1.29 is 9.69 Å². The number of aromatic nitrogens is 2. The van der Waals surface area contributed by atoms with Gasteiger partial charge in [-0.3, -0.25) is 4.79 Å². The molecule has 1 aromatic carbocycles. The second-order valence-electron chi connectivity index (χ2n) is 6.91. The van der Waals surface area contributed by atoms with Crippen molar-refractivity contribution in [2.45, 2.75) is 19.4 Å². The van der Waals surface area contributed by atoms with Gasteiger partial charge in [-0.2, -0.15) is 0 Å². The highest BCUT2D eigenvalue weighted by atomic mass is 16.2. The number of rotatable bonds is 3. The summed E-state index contributed by atoms with van der Waals surface area (Å²) < 4.78 is 0. The molecule has 6 heteroatoms. The van der Waals surface area contributed by atoms with Gasteiger partial charge in [0.15, 0.2) is 6.54 Å². The summed E-state index contributed by atoms with van der Waals surface area (Å²) in [6.07, 6.45) is 4.50. The van der Waals surface area contributed by atoms with E-state index in [0.29, 0.717) is 6.54 Å². The van der Waals surface area contributed by atoms with Crippen molar-refractivity contribution in [3.05, 3.63) is 48.3 Å². The van der Waals surface area contributed by atoms with E-state index in [4.69, 9.17) is 0 Å². The van der Waals surface area contributed by atoms with Gasteiger partial charge < -0.3 is 14.7 Å². The fourth-order valence-corrected chi connectivity index (χ4v) is 3.90. The van der Waals surface area contributed by atoms with Crippen molar-refractivity contribution in [2.24, 2.45) is 0 Å². The third-order valence-electron chi connectivity index (χ3n) is 5.18. The Bertz CT molecular complexity index is 742. The molecule has 2 aliphatic rings. The van der Waals surface area contributed by atoms with Crippen LogP contribution in [0.5, 0.6) is 0 Å². The van der Waals surface area contributed by atoms with Crippen molar-refractivity contribution in [1.82, 2.24) is 9.97 Å². The molecule has 1 amide bonds. The van der Waals surface area contributed by atoms with E-state index in [-0.39, 0.29) is 11.9 Å². The van der Waals surface area contributed by atoms with Crippen LogP contribution in [-0.4, -0.2) is 54.6 Å². The van der Waals surface area contributed by atoms with Crippen LogP contribution >= 0.6 is 0 Å². The van der Waals surface area contributed by atoms with E-state index >= 15 is 0 Å². The van der Waals surface area contributed by atoms with Gasteiger partial charge in [-0.05, 0) is 31.0 Å². The number of para-hydroxylation sites is 1. The molecular weight excluding hydrogens is 314 g/mol. The molecule has 3 heterocycles. The van der Waals surface area contributed by atoms with E-state index in [1.165, 1.54) is 10.5 Å². The lowest BCUT2D eigenvalue weighted by Crippen LogP contribution is -3.16. The monoisotopic (exact) mass is 338 g/mol. The van der Waals surface area contributed by atoms with Gasteiger partial charge >= 0.3 is 0 Å². The Hall–Kier alpha value is -2.47. The van der Waals surface area contributed by atoms with Gasteiger partial charge in [-0.25, -0.2) is 9.97 Å². The molecule has 2 aliphatic heterocycles. The van der Waals surface area contributed by atoms with Crippen LogP contribution in [0.2, 0.25) is 0 Å². The summed E-state index contributed by atoms with van der Waals surface area (Å²) in [5, 5.41) is 0. The van der Waals surface area contributed by atoms with Crippen molar-refractivity contribution in [3.63, 3.8) is 0 Å². The molecule has 0 saturated carbocycles. The number of carbonyl (C=O) groups excluding carboxylic acids is 1. The minimum atomic E-state index is 0.233. The quantitative estimate of drug-likeness (QED) is 0.866. The summed E-state index contributed by atoms with van der Waals surface area (Å²) in [6, 6.07) is 10.3. The maximum Gasteiger partial charge on any atom is 0.282 e. The average molecular weight is 338 g/mol. The van der Waals surface area contributed by atoms with Crippen LogP contribution in [0.4, 0.5) is 11.6 Å². The third-order valence-corrected chi connectivity index (χ3v) is 5.18. The second kappa shape index (κ2) is 6.80. The van der Waals surface area contributed by atoms with Crippen LogP contribution in [0.3, 0.4) is 0 Å². The number of nitrogens with one attached hydrogen (secondary N) is 1. The van der Waals surface area contributed by atoms with Gasteiger partial charge in [0.1, 0.15) is 0 Å². The number of fused-ring (bicyclic) bond motifs is 1. The van der Waals surface area contributed by atoms with Crippen LogP contribution in [0.15, 0.2) is 42.7 Å². The van der Waals surface area contributed by atoms with Gasteiger partial charge in [0.2, 0.25) is 5.95 Å². The molecule has 1 aromatic heterocycles. The number of anilines is 2. The normalized spacial score (nSPS) is 20.6. The largest absolute Gasteiger partial charge is 0.330 e. The zero-order valence-corrected chi connectivity index (χ0v) is 14.6. The molecule has 0 spiro atoms. The topological polar surface area (TPSA) is 53.8 Å². The van der Waals surface area contributed by atoms with Crippen LogP contribution < -0.4 is 14.7 Å². The average Bonchev–Trinajstić information content (AvgIpc) is 2.99. The Morgan fingerprint density at radius 1 is 1.16 bits per heavy atom. The van der Waals surface area contributed by atoms with Gasteiger partial charge in [0.05, 0.1) is 26.2 Å². The summed E-state index contributed by atoms with van der Waals surface area (Å²) in [6.45, 7) is 6.35. The second-order valence-corrected chi connectivity index (χ2v) is 6.91. The minimum absolute atomic E-state index is 0.233. The van der Waals surface area contributed by atoms with Gasteiger partial charge in [0.25, 0.3) is 5.91 Å². The van der Waals surface area contributed by atoms with Crippen LogP contribution in [-0.2, 0) is 11.2 Å². The standard InChI is InChI=1S/C19H23N5O/c1-15-13-16-5-2-3-6-17(16)24(15)18(25)14-22-9-11-23(12-10-22)19-20-7-4-8-21-19/h2-8,15H,9-14H2,1H3/p+1/t15-/m0/s1. The highest BCUT2D eigenvalue weighted by Gasteiger charge is 2.33. The first-order valence-corrected chi connectivity index (χ1v) is 8.98. The van der Waals surface area contributed by atoms with Crippen molar-refractivity contribution in [2.75, 3.05) is 42.5 Å². The molecule has 2 aromatic rings. The number of nitrogens with zero attached hydrogens (tertiary/aromatic N) is 4. The maximum absolute atomic E-state index is 12.9. The number of piperazine rings is 1. The van der Waals surface area contributed by atoms with E-state index in [1.54, 1.807) is 12.4 Å². The Labute approximate surface area is 148 Å². The lowest BCUT2D eigenvalue weighted by molar-refractivity contribution is -0.892. The predicted octanol–water partition coefficient (Wildman–Crippen LogP) is 0.159. The zero-order chi connectivity index (χ0) is 17.2. The number of hydrogen-bond donors (Lipinski definition) is 1. The lowest BCUT2D eigenvalue weighted by atomic mass is 10.1. The summed E-state index contributed by atoms with van der Waals surface area (Å²) in [5.41, 5.74) is 2.38. The summed E-state index contributed by atoms with van der Waals surface area (Å²) in [5.74, 6) is 1.02. The number of carbonyl (C=O) groups is 1. The lowest BCUT2D eigenvalue weighted by Gasteiger charge is -2.33. The Morgan fingerprint density at radius 2 is 1.88 bits per heavy atom. The van der Waals surface area contributed by atoms with Crippen LogP contribution in [0, 0.1) is 0 Å². The fourth-order valence-electron chi connectivity index (χ4n) is 3.90.